The lowest BCUT2D eigenvalue weighted by molar-refractivity contribution is 0.0712. The summed E-state index contributed by atoms with van der Waals surface area (Å²) < 4.78 is 1.91. The second-order valence-corrected chi connectivity index (χ2v) is 6.94. The van der Waals surface area contributed by atoms with Crippen molar-refractivity contribution in [1.29, 1.82) is 0 Å². The maximum Gasteiger partial charge on any atom is 0.274 e. The first-order chi connectivity index (χ1) is 12.6. The minimum absolute atomic E-state index is 0.0285. The van der Waals surface area contributed by atoms with Crippen LogP contribution in [-0.4, -0.2) is 51.4 Å². The van der Waals surface area contributed by atoms with Crippen LogP contribution in [0.15, 0.2) is 48.9 Å². The fourth-order valence-corrected chi connectivity index (χ4v) is 3.57. The van der Waals surface area contributed by atoms with Crippen LogP contribution in [0.4, 0.5) is 5.82 Å². The molecule has 6 nitrogen and oxygen atoms in total. The topological polar surface area (TPSA) is 53.7 Å². The molecule has 1 fully saturated rings. The van der Waals surface area contributed by atoms with Crippen LogP contribution in [0.3, 0.4) is 0 Å². The van der Waals surface area contributed by atoms with Gasteiger partial charge in [0.1, 0.15) is 17.2 Å². The highest BCUT2D eigenvalue weighted by Gasteiger charge is 2.28. The third-order valence-electron chi connectivity index (χ3n) is 5.06. The average molecular weight is 349 g/mol. The van der Waals surface area contributed by atoms with Gasteiger partial charge in [-0.1, -0.05) is 12.1 Å². The quantitative estimate of drug-likeness (QED) is 0.730. The lowest BCUT2D eigenvalue weighted by atomic mass is 10.0. The van der Waals surface area contributed by atoms with E-state index in [1.807, 2.05) is 72.2 Å². The van der Waals surface area contributed by atoms with Crippen molar-refractivity contribution in [2.24, 2.45) is 0 Å². The van der Waals surface area contributed by atoms with E-state index in [9.17, 15) is 4.79 Å². The molecule has 0 bridgehead atoms. The Kier molecular flexibility index (Phi) is 4.32. The summed E-state index contributed by atoms with van der Waals surface area (Å²) in [5.74, 6) is 0.945. The fraction of sp³-hybridized carbons (Fsp3) is 0.350. The molecule has 4 rings (SSSR count). The summed E-state index contributed by atoms with van der Waals surface area (Å²) in [6, 6.07) is 10.0. The van der Waals surface area contributed by atoms with E-state index in [2.05, 4.69) is 14.9 Å². The Balaban J connectivity index is 1.52. The molecule has 1 aliphatic heterocycles. The Labute approximate surface area is 153 Å². The van der Waals surface area contributed by atoms with Crippen molar-refractivity contribution in [2.75, 3.05) is 25.0 Å². The summed E-state index contributed by atoms with van der Waals surface area (Å²) in [6.45, 7) is 3.80. The number of pyridine rings is 2. The van der Waals surface area contributed by atoms with E-state index in [-0.39, 0.29) is 11.9 Å². The van der Waals surface area contributed by atoms with Gasteiger partial charge >= 0.3 is 0 Å². The molecule has 6 heteroatoms. The van der Waals surface area contributed by atoms with Gasteiger partial charge < -0.3 is 14.2 Å². The van der Waals surface area contributed by atoms with Crippen molar-refractivity contribution < 1.29 is 4.79 Å². The predicted octanol–water partition coefficient (Wildman–Crippen LogP) is 2.78. The van der Waals surface area contributed by atoms with Crippen molar-refractivity contribution in [3.05, 3.63) is 60.2 Å². The molecule has 0 spiro atoms. The maximum atomic E-state index is 13.0. The molecule has 3 aromatic heterocycles. The molecular formula is C20H23N5O. The van der Waals surface area contributed by atoms with Gasteiger partial charge in [-0.3, -0.25) is 4.79 Å². The molecule has 1 atom stereocenters. The van der Waals surface area contributed by atoms with E-state index in [1.165, 1.54) is 0 Å². The Bertz CT molecular complexity index is 920. The van der Waals surface area contributed by atoms with Crippen LogP contribution in [0.2, 0.25) is 0 Å². The zero-order valence-electron chi connectivity index (χ0n) is 15.2. The number of rotatable bonds is 3. The van der Waals surface area contributed by atoms with Gasteiger partial charge in [0.15, 0.2) is 0 Å². The second kappa shape index (κ2) is 6.78. The fourth-order valence-electron chi connectivity index (χ4n) is 3.57. The molecule has 3 aromatic rings. The standard InChI is InChI=1S/C20H23N5O/c1-15-8-9-19-22-17(14-25(19)12-15)20(26)23(2)16-6-5-11-24(13-16)18-7-3-4-10-21-18/h3-4,7-10,12,14,16H,5-6,11,13H2,1-2H3. The molecule has 1 saturated heterocycles. The first kappa shape index (κ1) is 16.6. The Morgan fingerprint density at radius 2 is 2.12 bits per heavy atom. The molecule has 1 unspecified atom stereocenters. The minimum atomic E-state index is -0.0285. The summed E-state index contributed by atoms with van der Waals surface area (Å²) in [6.07, 6.45) is 7.66. The Morgan fingerprint density at radius 3 is 2.92 bits per heavy atom. The van der Waals surface area contributed by atoms with Crippen LogP contribution in [0.1, 0.15) is 28.9 Å². The van der Waals surface area contributed by atoms with Crippen molar-refractivity contribution >= 4 is 17.4 Å². The third kappa shape index (κ3) is 3.14. The lowest BCUT2D eigenvalue weighted by Gasteiger charge is -2.38. The third-order valence-corrected chi connectivity index (χ3v) is 5.06. The molecule has 0 radical (unpaired) electrons. The number of anilines is 1. The van der Waals surface area contributed by atoms with E-state index in [0.717, 1.165) is 43.0 Å². The van der Waals surface area contributed by atoms with E-state index >= 15 is 0 Å². The van der Waals surface area contributed by atoms with E-state index < -0.39 is 0 Å². The summed E-state index contributed by atoms with van der Waals surface area (Å²) in [5.41, 5.74) is 2.43. The summed E-state index contributed by atoms with van der Waals surface area (Å²) in [7, 11) is 1.88. The molecule has 1 amide bonds. The van der Waals surface area contributed by atoms with E-state index in [0.29, 0.717) is 5.69 Å². The number of likely N-dealkylation sites (N-methyl/N-ethyl adjacent to an activating group) is 1. The Hall–Kier alpha value is -2.89. The van der Waals surface area contributed by atoms with Crippen LogP contribution in [0.5, 0.6) is 0 Å². The van der Waals surface area contributed by atoms with Gasteiger partial charge in [0.05, 0.1) is 0 Å². The lowest BCUT2D eigenvalue weighted by Crippen LogP contribution is -2.49. The number of aromatic nitrogens is 3. The van der Waals surface area contributed by atoms with Gasteiger partial charge in [-0.05, 0) is 43.5 Å². The molecule has 134 valence electrons. The smallest absolute Gasteiger partial charge is 0.274 e. The normalized spacial score (nSPS) is 17.5. The highest BCUT2D eigenvalue weighted by atomic mass is 16.2. The van der Waals surface area contributed by atoms with E-state index in [1.54, 1.807) is 0 Å². The van der Waals surface area contributed by atoms with Crippen molar-refractivity contribution in [1.82, 2.24) is 19.3 Å². The molecule has 0 aromatic carbocycles. The van der Waals surface area contributed by atoms with Crippen molar-refractivity contribution in [2.45, 2.75) is 25.8 Å². The molecule has 0 aliphatic carbocycles. The summed E-state index contributed by atoms with van der Waals surface area (Å²) in [4.78, 5) is 26.0. The van der Waals surface area contributed by atoms with E-state index in [4.69, 9.17) is 0 Å². The van der Waals surface area contributed by atoms with Gasteiger partial charge in [-0.25, -0.2) is 9.97 Å². The van der Waals surface area contributed by atoms with Crippen molar-refractivity contribution in [3.8, 4) is 0 Å². The molecular weight excluding hydrogens is 326 g/mol. The molecule has 0 saturated carbocycles. The number of nitrogens with zero attached hydrogens (tertiary/aromatic N) is 5. The van der Waals surface area contributed by atoms with Crippen molar-refractivity contribution in [3.63, 3.8) is 0 Å². The number of fused-ring (bicyclic) bond motifs is 1. The van der Waals surface area contributed by atoms with Crippen LogP contribution in [0, 0.1) is 6.92 Å². The van der Waals surface area contributed by atoms with Crippen LogP contribution in [0.25, 0.3) is 5.65 Å². The van der Waals surface area contributed by atoms with Gasteiger partial charge in [-0.2, -0.15) is 0 Å². The highest BCUT2D eigenvalue weighted by Crippen LogP contribution is 2.21. The van der Waals surface area contributed by atoms with Gasteiger partial charge in [0.2, 0.25) is 0 Å². The number of piperidine rings is 1. The van der Waals surface area contributed by atoms with Crippen LogP contribution in [-0.2, 0) is 0 Å². The predicted molar refractivity (Wildman–Crippen MR) is 101 cm³/mol. The number of hydrogen-bond donors (Lipinski definition) is 0. The maximum absolute atomic E-state index is 13.0. The second-order valence-electron chi connectivity index (χ2n) is 6.94. The molecule has 4 heterocycles. The SMILES string of the molecule is Cc1ccc2nc(C(=O)N(C)C3CCCN(c4ccccn4)C3)cn2c1. The first-order valence-electron chi connectivity index (χ1n) is 9.00. The zero-order chi connectivity index (χ0) is 18.1. The summed E-state index contributed by atoms with van der Waals surface area (Å²) >= 11 is 0. The van der Waals surface area contributed by atoms with Crippen LogP contribution >= 0.6 is 0 Å². The Morgan fingerprint density at radius 1 is 1.23 bits per heavy atom. The number of hydrogen-bond acceptors (Lipinski definition) is 4. The average Bonchev–Trinajstić information content (AvgIpc) is 3.10. The largest absolute Gasteiger partial charge is 0.355 e. The summed E-state index contributed by atoms with van der Waals surface area (Å²) in [5, 5.41) is 0. The zero-order valence-corrected chi connectivity index (χ0v) is 15.2. The molecule has 0 N–H and O–H groups in total. The van der Waals surface area contributed by atoms with Crippen LogP contribution < -0.4 is 4.90 Å². The number of aryl methyl sites for hydroxylation is 1. The number of imidazole rings is 1. The number of carbonyl (C=O) groups excluding carboxylic acids is 1. The first-order valence-corrected chi connectivity index (χ1v) is 9.00. The monoisotopic (exact) mass is 349 g/mol. The molecule has 1 aliphatic rings. The van der Waals surface area contributed by atoms with Gasteiger partial charge in [0, 0.05) is 44.8 Å². The van der Waals surface area contributed by atoms with Gasteiger partial charge in [0.25, 0.3) is 5.91 Å². The highest BCUT2D eigenvalue weighted by molar-refractivity contribution is 5.93. The van der Waals surface area contributed by atoms with Gasteiger partial charge in [-0.15, -0.1) is 0 Å². The number of amides is 1. The number of carbonyl (C=O) groups is 1. The molecule has 26 heavy (non-hydrogen) atoms. The minimum Gasteiger partial charge on any atom is -0.355 e.